The lowest BCUT2D eigenvalue weighted by atomic mass is 10.2. The fourth-order valence-electron chi connectivity index (χ4n) is 1.71. The molecule has 1 rings (SSSR count). The van der Waals surface area contributed by atoms with Crippen molar-refractivity contribution in [2.45, 2.75) is 26.9 Å². The van der Waals surface area contributed by atoms with Gasteiger partial charge in [0.15, 0.2) is 5.96 Å². The molecule has 0 fully saturated rings. The predicted octanol–water partition coefficient (Wildman–Crippen LogP) is 2.90. The Bertz CT molecular complexity index is 453. The van der Waals surface area contributed by atoms with Crippen LogP contribution in [-0.4, -0.2) is 39.3 Å². The summed E-state index contributed by atoms with van der Waals surface area (Å²) in [4.78, 5) is 4.19. The van der Waals surface area contributed by atoms with Gasteiger partial charge >= 0.3 is 0 Å². The number of hydrogen-bond acceptors (Lipinski definition) is 3. The molecule has 0 amide bonds. The maximum atomic E-state index is 5.85. The summed E-state index contributed by atoms with van der Waals surface area (Å²) in [6.07, 6.45) is 0.0229. The van der Waals surface area contributed by atoms with E-state index in [0.29, 0.717) is 12.5 Å². The summed E-state index contributed by atoms with van der Waals surface area (Å²) in [6.45, 7) is 7.91. The number of rotatable bonds is 7. The van der Waals surface area contributed by atoms with Gasteiger partial charge < -0.3 is 20.1 Å². The molecule has 0 aliphatic carbocycles. The summed E-state index contributed by atoms with van der Waals surface area (Å²) in [5.41, 5.74) is 0. The van der Waals surface area contributed by atoms with E-state index in [2.05, 4.69) is 29.5 Å². The number of aliphatic imine (C=N–C) groups is 1. The minimum absolute atomic E-state index is 0. The van der Waals surface area contributed by atoms with Crippen LogP contribution >= 0.6 is 24.0 Å². The third-order valence-corrected chi connectivity index (χ3v) is 2.84. The van der Waals surface area contributed by atoms with Gasteiger partial charge in [0.1, 0.15) is 17.6 Å². The van der Waals surface area contributed by atoms with E-state index in [0.717, 1.165) is 24.0 Å². The summed E-state index contributed by atoms with van der Waals surface area (Å²) in [7, 11) is 3.41. The molecule has 0 saturated carbocycles. The molecular weight excluding hydrogens is 393 g/mol. The van der Waals surface area contributed by atoms with Gasteiger partial charge in [-0.2, -0.15) is 0 Å². The van der Waals surface area contributed by atoms with Crippen molar-refractivity contribution in [2.75, 3.05) is 27.2 Å². The number of halogens is 1. The molecule has 6 heteroatoms. The van der Waals surface area contributed by atoms with Crippen LogP contribution in [0.1, 0.15) is 20.8 Å². The quantitative estimate of drug-likeness (QED) is 0.404. The molecule has 22 heavy (non-hydrogen) atoms. The third-order valence-electron chi connectivity index (χ3n) is 2.84. The first-order chi connectivity index (χ1) is 10.0. The molecule has 5 nitrogen and oxygen atoms in total. The first-order valence-electron chi connectivity index (χ1n) is 7.30. The molecule has 2 N–H and O–H groups in total. The van der Waals surface area contributed by atoms with Crippen LogP contribution in [0.25, 0.3) is 0 Å². The van der Waals surface area contributed by atoms with Gasteiger partial charge in [0.2, 0.25) is 0 Å². The van der Waals surface area contributed by atoms with Gasteiger partial charge in [0.05, 0.1) is 13.7 Å². The normalized spacial score (nSPS) is 12.4. The summed E-state index contributed by atoms with van der Waals surface area (Å²) in [5, 5.41) is 6.53. The Hall–Kier alpha value is -1.18. The number of hydrogen-bond donors (Lipinski definition) is 2. The molecule has 1 unspecified atom stereocenters. The zero-order chi connectivity index (χ0) is 15.7. The summed E-state index contributed by atoms with van der Waals surface area (Å²) in [6, 6.07) is 7.61. The molecule has 126 valence electrons. The summed E-state index contributed by atoms with van der Waals surface area (Å²) < 4.78 is 11.0. The zero-order valence-electron chi connectivity index (χ0n) is 14.1. The van der Waals surface area contributed by atoms with Crippen molar-refractivity contribution >= 4 is 29.9 Å². The van der Waals surface area contributed by atoms with E-state index >= 15 is 0 Å². The average Bonchev–Trinajstić information content (AvgIpc) is 2.47. The Morgan fingerprint density at radius 3 is 2.36 bits per heavy atom. The fraction of sp³-hybridized carbons (Fsp3) is 0.562. The molecule has 1 aromatic carbocycles. The van der Waals surface area contributed by atoms with Crippen molar-refractivity contribution in [1.29, 1.82) is 0 Å². The Morgan fingerprint density at radius 1 is 1.14 bits per heavy atom. The van der Waals surface area contributed by atoms with Crippen molar-refractivity contribution in [3.63, 3.8) is 0 Å². The monoisotopic (exact) mass is 421 g/mol. The van der Waals surface area contributed by atoms with Gasteiger partial charge in [-0.1, -0.05) is 19.9 Å². The van der Waals surface area contributed by atoms with Crippen LogP contribution in [0, 0.1) is 5.92 Å². The van der Waals surface area contributed by atoms with Gasteiger partial charge in [0.25, 0.3) is 0 Å². The highest BCUT2D eigenvalue weighted by atomic mass is 127. The Balaban J connectivity index is 0.00000441. The topological polar surface area (TPSA) is 54.9 Å². The van der Waals surface area contributed by atoms with E-state index in [1.54, 1.807) is 14.2 Å². The highest BCUT2D eigenvalue weighted by Gasteiger charge is 2.06. The first kappa shape index (κ1) is 20.8. The van der Waals surface area contributed by atoms with Gasteiger partial charge in [-0.05, 0) is 25.0 Å². The second-order valence-electron chi connectivity index (χ2n) is 5.34. The number of nitrogens with one attached hydrogen (secondary N) is 2. The van der Waals surface area contributed by atoms with E-state index < -0.39 is 0 Å². The van der Waals surface area contributed by atoms with Gasteiger partial charge in [-0.3, -0.25) is 4.99 Å². The van der Waals surface area contributed by atoms with E-state index in [4.69, 9.17) is 9.47 Å². The van der Waals surface area contributed by atoms with Crippen molar-refractivity contribution in [1.82, 2.24) is 10.6 Å². The van der Waals surface area contributed by atoms with Crippen LogP contribution in [0.3, 0.4) is 0 Å². The summed E-state index contributed by atoms with van der Waals surface area (Å²) in [5.74, 6) is 2.97. The van der Waals surface area contributed by atoms with Gasteiger partial charge in [-0.15, -0.1) is 24.0 Å². The summed E-state index contributed by atoms with van der Waals surface area (Å²) >= 11 is 0. The van der Waals surface area contributed by atoms with Crippen molar-refractivity contribution in [3.05, 3.63) is 24.3 Å². The van der Waals surface area contributed by atoms with Crippen LogP contribution in [0.5, 0.6) is 11.5 Å². The van der Waals surface area contributed by atoms with E-state index in [1.807, 2.05) is 31.2 Å². The Morgan fingerprint density at radius 2 is 1.77 bits per heavy atom. The van der Waals surface area contributed by atoms with Crippen molar-refractivity contribution < 1.29 is 9.47 Å². The molecule has 1 atom stereocenters. The second kappa shape index (κ2) is 11.4. The molecule has 0 saturated heterocycles. The van der Waals surface area contributed by atoms with Crippen LogP contribution in [-0.2, 0) is 0 Å². The molecule has 0 heterocycles. The van der Waals surface area contributed by atoms with Gasteiger partial charge in [-0.25, -0.2) is 0 Å². The molecule has 0 radical (unpaired) electrons. The number of guanidine groups is 1. The van der Waals surface area contributed by atoms with E-state index in [-0.39, 0.29) is 30.1 Å². The van der Waals surface area contributed by atoms with Crippen molar-refractivity contribution in [2.24, 2.45) is 10.9 Å². The van der Waals surface area contributed by atoms with E-state index in [9.17, 15) is 0 Å². The number of ether oxygens (including phenoxy) is 2. The zero-order valence-corrected chi connectivity index (χ0v) is 16.4. The molecular formula is C16H28IN3O2. The molecule has 0 aliphatic heterocycles. The number of nitrogens with zero attached hydrogens (tertiary/aromatic N) is 1. The smallest absolute Gasteiger partial charge is 0.191 e. The Kier molecular flexibility index (Phi) is 10.8. The lowest BCUT2D eigenvalue weighted by Crippen LogP contribution is -2.42. The lowest BCUT2D eigenvalue weighted by Gasteiger charge is -2.18. The minimum atomic E-state index is 0. The minimum Gasteiger partial charge on any atom is -0.497 e. The maximum absolute atomic E-state index is 5.85. The maximum Gasteiger partial charge on any atom is 0.191 e. The SMILES string of the molecule is CN=C(NCC(C)C)NCC(C)Oc1cccc(OC)c1.I. The molecule has 0 aliphatic rings. The van der Waals surface area contributed by atoms with Crippen LogP contribution in [0.15, 0.2) is 29.3 Å². The highest BCUT2D eigenvalue weighted by Crippen LogP contribution is 2.19. The fourth-order valence-corrected chi connectivity index (χ4v) is 1.71. The van der Waals surface area contributed by atoms with Crippen molar-refractivity contribution in [3.8, 4) is 11.5 Å². The molecule has 1 aromatic rings. The molecule has 0 bridgehead atoms. The second-order valence-corrected chi connectivity index (χ2v) is 5.34. The molecule has 0 aromatic heterocycles. The average molecular weight is 421 g/mol. The van der Waals surface area contributed by atoms with E-state index in [1.165, 1.54) is 0 Å². The van der Waals surface area contributed by atoms with Crippen LogP contribution in [0.2, 0.25) is 0 Å². The lowest BCUT2D eigenvalue weighted by molar-refractivity contribution is 0.223. The van der Waals surface area contributed by atoms with Crippen LogP contribution < -0.4 is 20.1 Å². The highest BCUT2D eigenvalue weighted by molar-refractivity contribution is 14.0. The molecule has 0 spiro atoms. The third kappa shape index (κ3) is 8.31. The number of methoxy groups -OCH3 is 1. The first-order valence-corrected chi connectivity index (χ1v) is 7.30. The Labute approximate surface area is 150 Å². The van der Waals surface area contributed by atoms with Crippen LogP contribution in [0.4, 0.5) is 0 Å². The standard InChI is InChI=1S/C16H27N3O2.HI/c1-12(2)10-18-16(17-4)19-11-13(3)21-15-8-6-7-14(9-15)20-5;/h6-9,12-13H,10-11H2,1-5H3,(H2,17,18,19);1H. The van der Waals surface area contributed by atoms with Gasteiger partial charge in [0, 0.05) is 19.7 Å². The number of benzene rings is 1. The largest absolute Gasteiger partial charge is 0.497 e. The predicted molar refractivity (Wildman–Crippen MR) is 103 cm³/mol.